The van der Waals surface area contributed by atoms with Crippen molar-refractivity contribution in [3.05, 3.63) is 23.8 Å². The fourth-order valence-corrected chi connectivity index (χ4v) is 4.97. The number of hydrogen-bond donors (Lipinski definition) is 2. The van der Waals surface area contributed by atoms with E-state index in [2.05, 4.69) is 11.8 Å². The summed E-state index contributed by atoms with van der Waals surface area (Å²) in [5.41, 5.74) is -0.712. The highest BCUT2D eigenvalue weighted by atomic mass is 32.2. The van der Waals surface area contributed by atoms with E-state index in [-0.39, 0.29) is 42.2 Å². The molecule has 172 valence electrons. The van der Waals surface area contributed by atoms with Crippen LogP contribution in [0.5, 0.6) is 5.75 Å². The molecule has 31 heavy (non-hydrogen) atoms. The number of rotatable bonds is 4. The number of aliphatic hydroxyl groups excluding tert-OH is 1. The van der Waals surface area contributed by atoms with Crippen LogP contribution in [0.1, 0.15) is 40.2 Å². The van der Waals surface area contributed by atoms with Gasteiger partial charge in [0.05, 0.1) is 13.2 Å². The minimum Gasteiger partial charge on any atom is -0.487 e. The van der Waals surface area contributed by atoms with E-state index in [1.165, 1.54) is 28.3 Å². The molecule has 0 saturated carbocycles. The van der Waals surface area contributed by atoms with Crippen LogP contribution in [-0.2, 0) is 14.8 Å². The summed E-state index contributed by atoms with van der Waals surface area (Å²) in [5.74, 6) is 5.28. The third kappa shape index (κ3) is 6.20. The number of benzene rings is 1. The van der Waals surface area contributed by atoms with E-state index in [0.29, 0.717) is 5.56 Å². The summed E-state index contributed by atoms with van der Waals surface area (Å²) in [4.78, 5) is 13.3. The molecule has 8 nitrogen and oxygen atoms in total. The van der Waals surface area contributed by atoms with Gasteiger partial charge in [-0.2, -0.15) is 4.31 Å². The van der Waals surface area contributed by atoms with Gasteiger partial charge >= 0.3 is 0 Å². The topological polar surface area (TPSA) is 107 Å². The fraction of sp³-hybridized carbons (Fsp3) is 0.591. The first-order chi connectivity index (χ1) is 14.3. The van der Waals surface area contributed by atoms with Crippen LogP contribution < -0.4 is 4.74 Å². The highest BCUT2D eigenvalue weighted by Gasteiger charge is 2.38. The second-order valence-corrected chi connectivity index (χ2v) is 10.5. The molecule has 1 aromatic carbocycles. The van der Waals surface area contributed by atoms with E-state index < -0.39 is 27.8 Å². The van der Waals surface area contributed by atoms with Crippen molar-refractivity contribution in [1.29, 1.82) is 0 Å². The maximum Gasteiger partial charge on any atom is 0.247 e. The van der Waals surface area contributed by atoms with Gasteiger partial charge in [0, 0.05) is 38.0 Å². The molecule has 0 fully saturated rings. The average Bonchev–Trinajstić information content (AvgIpc) is 2.67. The number of amides is 1. The lowest BCUT2D eigenvalue weighted by atomic mass is 10.0. The van der Waals surface area contributed by atoms with Crippen molar-refractivity contribution in [2.75, 3.05) is 26.7 Å². The van der Waals surface area contributed by atoms with Crippen LogP contribution in [0.3, 0.4) is 0 Å². The number of carbonyl (C=O) groups excluding carboxylic acids is 1. The lowest BCUT2D eigenvalue weighted by molar-refractivity contribution is -0.129. The predicted octanol–water partition coefficient (Wildman–Crippen LogP) is 1.06. The molecule has 9 heteroatoms. The Labute approximate surface area is 184 Å². The lowest BCUT2D eigenvalue weighted by Crippen LogP contribution is -2.50. The first-order valence-corrected chi connectivity index (χ1v) is 11.6. The summed E-state index contributed by atoms with van der Waals surface area (Å²) in [5, 5.41) is 19.5. The molecule has 1 amide bonds. The number of aliphatic hydroxyl groups is 2. The smallest absolute Gasteiger partial charge is 0.247 e. The number of hydrogen-bond acceptors (Lipinski definition) is 6. The Balaban J connectivity index is 2.62. The van der Waals surface area contributed by atoms with Gasteiger partial charge in [-0.3, -0.25) is 4.79 Å². The monoisotopic (exact) mass is 452 g/mol. The van der Waals surface area contributed by atoms with Gasteiger partial charge in [0.1, 0.15) is 22.4 Å². The molecule has 2 rings (SSSR count). The Morgan fingerprint density at radius 1 is 1.42 bits per heavy atom. The van der Waals surface area contributed by atoms with E-state index in [1.54, 1.807) is 33.9 Å². The van der Waals surface area contributed by atoms with Gasteiger partial charge in [-0.15, -0.1) is 0 Å². The highest BCUT2D eigenvalue weighted by Crippen LogP contribution is 2.34. The van der Waals surface area contributed by atoms with E-state index in [0.717, 1.165) is 0 Å². The van der Waals surface area contributed by atoms with Crippen molar-refractivity contribution in [3.63, 3.8) is 0 Å². The third-order valence-electron chi connectivity index (χ3n) is 5.17. The van der Waals surface area contributed by atoms with E-state index >= 15 is 0 Å². The zero-order valence-electron chi connectivity index (χ0n) is 18.9. The second kappa shape index (κ2) is 9.57. The molecule has 1 heterocycles. The Morgan fingerprint density at radius 3 is 2.61 bits per heavy atom. The Bertz CT molecular complexity index is 974. The van der Waals surface area contributed by atoms with Gasteiger partial charge in [-0.25, -0.2) is 8.42 Å². The van der Waals surface area contributed by atoms with Crippen LogP contribution in [0.2, 0.25) is 0 Å². The number of ether oxygens (including phenoxy) is 1. The number of likely N-dealkylation sites (N-methyl/N-ethyl adjacent to an activating group) is 1. The summed E-state index contributed by atoms with van der Waals surface area (Å²) in [6.07, 6.45) is -0.478. The van der Waals surface area contributed by atoms with Gasteiger partial charge in [-0.05, 0) is 39.0 Å². The van der Waals surface area contributed by atoms with Gasteiger partial charge in [0.25, 0.3) is 0 Å². The fourth-order valence-electron chi connectivity index (χ4n) is 3.14. The van der Waals surface area contributed by atoms with Crippen LogP contribution in [0.15, 0.2) is 23.1 Å². The van der Waals surface area contributed by atoms with Gasteiger partial charge in [-0.1, -0.05) is 18.8 Å². The molecule has 2 N–H and O–H groups in total. The van der Waals surface area contributed by atoms with Gasteiger partial charge in [0.15, 0.2) is 0 Å². The maximum absolute atomic E-state index is 13.4. The zero-order valence-corrected chi connectivity index (χ0v) is 19.7. The Kier molecular flexibility index (Phi) is 7.76. The molecule has 0 unspecified atom stereocenters. The standard InChI is InChI=1S/C22H32N2O6S/c1-15-12-24(16(2)14-25)31(28,29)21-8-7-18(9-10-22(4,5)27)11-19(21)30-20(15)13-23(6)17(3)26/h7-8,11,15-16,20,25,27H,12-14H2,1-6H3/t15-,16+,20-/m1/s1. The number of nitrogens with zero attached hydrogens (tertiary/aromatic N) is 2. The van der Waals surface area contributed by atoms with E-state index in [9.17, 15) is 23.4 Å². The zero-order chi connectivity index (χ0) is 23.6. The van der Waals surface area contributed by atoms with Crippen molar-refractivity contribution in [2.45, 2.75) is 57.3 Å². The number of fused-ring (bicyclic) bond motifs is 1. The molecule has 0 aromatic heterocycles. The van der Waals surface area contributed by atoms with Gasteiger partial charge in [0.2, 0.25) is 15.9 Å². The first-order valence-electron chi connectivity index (χ1n) is 10.2. The van der Waals surface area contributed by atoms with Gasteiger partial charge < -0.3 is 19.8 Å². The molecular formula is C22H32N2O6S. The molecule has 0 saturated heterocycles. The normalized spacial score (nSPS) is 22.1. The first kappa shape index (κ1) is 25.1. The molecule has 0 aliphatic carbocycles. The molecule has 0 bridgehead atoms. The summed E-state index contributed by atoms with van der Waals surface area (Å²) >= 11 is 0. The molecular weight excluding hydrogens is 420 g/mol. The minimum atomic E-state index is -3.95. The molecule has 1 aliphatic heterocycles. The van der Waals surface area contributed by atoms with Crippen LogP contribution in [0.25, 0.3) is 0 Å². The Morgan fingerprint density at radius 2 is 2.06 bits per heavy atom. The predicted molar refractivity (Wildman–Crippen MR) is 117 cm³/mol. The molecule has 1 aliphatic rings. The average molecular weight is 453 g/mol. The quantitative estimate of drug-likeness (QED) is 0.662. The maximum atomic E-state index is 13.4. The summed E-state index contributed by atoms with van der Waals surface area (Å²) in [6.45, 7) is 8.15. The van der Waals surface area contributed by atoms with Crippen LogP contribution >= 0.6 is 0 Å². The van der Waals surface area contributed by atoms with Crippen molar-refractivity contribution >= 4 is 15.9 Å². The molecule has 0 radical (unpaired) electrons. The van der Waals surface area contributed by atoms with Crippen LogP contribution in [0.4, 0.5) is 0 Å². The largest absolute Gasteiger partial charge is 0.487 e. The molecule has 1 aromatic rings. The lowest BCUT2D eigenvalue weighted by Gasteiger charge is -2.37. The Hall–Kier alpha value is -2.12. The van der Waals surface area contributed by atoms with Crippen molar-refractivity contribution in [2.24, 2.45) is 5.92 Å². The van der Waals surface area contributed by atoms with Crippen LogP contribution in [0, 0.1) is 17.8 Å². The minimum absolute atomic E-state index is 0.0241. The van der Waals surface area contributed by atoms with Crippen LogP contribution in [-0.4, -0.2) is 78.2 Å². The number of sulfonamides is 1. The highest BCUT2D eigenvalue weighted by molar-refractivity contribution is 7.89. The molecule has 0 spiro atoms. The SMILES string of the molecule is CC(=O)N(C)C[C@H]1Oc2cc(C#CC(C)(C)O)ccc2S(=O)(=O)N([C@@H](C)CO)C[C@H]1C. The molecule has 3 atom stereocenters. The summed E-state index contributed by atoms with van der Waals surface area (Å²) in [7, 11) is -2.28. The van der Waals surface area contributed by atoms with Crippen molar-refractivity contribution in [1.82, 2.24) is 9.21 Å². The third-order valence-corrected chi connectivity index (χ3v) is 7.19. The van der Waals surface area contributed by atoms with Crippen molar-refractivity contribution < 1.29 is 28.2 Å². The summed E-state index contributed by atoms with van der Waals surface area (Å²) in [6, 6.07) is 3.89. The van der Waals surface area contributed by atoms with Crippen molar-refractivity contribution in [3.8, 4) is 17.6 Å². The second-order valence-electron chi connectivity index (χ2n) is 8.61. The van der Waals surface area contributed by atoms with E-state index in [4.69, 9.17) is 4.74 Å². The number of carbonyl (C=O) groups is 1. The van der Waals surface area contributed by atoms with E-state index in [1.807, 2.05) is 6.92 Å². The summed E-state index contributed by atoms with van der Waals surface area (Å²) < 4.78 is 34.2.